The molecule has 6 nitrogen and oxygen atoms in total. The molecule has 1 unspecified atom stereocenters. The van der Waals surface area contributed by atoms with Crippen molar-refractivity contribution in [1.29, 1.82) is 0 Å². The van der Waals surface area contributed by atoms with Crippen LogP contribution in [0.4, 0.5) is 11.6 Å². The molecule has 2 heterocycles. The summed E-state index contributed by atoms with van der Waals surface area (Å²) < 4.78 is 5.31. The molecule has 19 heavy (non-hydrogen) atoms. The Hall–Kier alpha value is -2.08. The Morgan fingerprint density at radius 3 is 3.21 bits per heavy atom. The number of benzene rings is 1. The van der Waals surface area contributed by atoms with Crippen LogP contribution in [0.15, 0.2) is 23.0 Å². The van der Waals surface area contributed by atoms with Gasteiger partial charge < -0.3 is 15.8 Å². The quantitative estimate of drug-likeness (QED) is 0.715. The van der Waals surface area contributed by atoms with Gasteiger partial charge in [0, 0.05) is 24.8 Å². The number of rotatable bonds is 3. The summed E-state index contributed by atoms with van der Waals surface area (Å²) in [6, 6.07) is 5.13. The van der Waals surface area contributed by atoms with Crippen molar-refractivity contribution >= 4 is 22.5 Å². The maximum atomic E-state index is 11.9. The highest BCUT2D eigenvalue weighted by Gasteiger charge is 2.15. The maximum Gasteiger partial charge on any atom is 0.260 e. The Bertz CT molecular complexity index is 647. The number of nitrogens with zero attached hydrogens (tertiary/aromatic N) is 1. The van der Waals surface area contributed by atoms with Crippen LogP contribution in [-0.4, -0.2) is 29.7 Å². The van der Waals surface area contributed by atoms with E-state index >= 15 is 0 Å². The second-order valence-electron chi connectivity index (χ2n) is 4.80. The van der Waals surface area contributed by atoms with E-state index in [0.717, 1.165) is 26.2 Å². The number of hydrogen-bond donors (Lipinski definition) is 3. The van der Waals surface area contributed by atoms with Crippen molar-refractivity contribution in [2.24, 2.45) is 5.92 Å². The normalized spacial score (nSPS) is 18.8. The maximum absolute atomic E-state index is 11.9. The molecule has 0 amide bonds. The van der Waals surface area contributed by atoms with Crippen LogP contribution in [0, 0.1) is 5.92 Å². The largest absolute Gasteiger partial charge is 0.399 e. The zero-order valence-corrected chi connectivity index (χ0v) is 10.5. The van der Waals surface area contributed by atoms with Gasteiger partial charge in [0.2, 0.25) is 5.95 Å². The number of anilines is 2. The fourth-order valence-electron chi connectivity index (χ4n) is 2.23. The number of aromatic amines is 1. The summed E-state index contributed by atoms with van der Waals surface area (Å²) in [4.78, 5) is 19.0. The Morgan fingerprint density at radius 2 is 2.42 bits per heavy atom. The number of H-pyrrole nitrogens is 1. The van der Waals surface area contributed by atoms with Gasteiger partial charge in [-0.15, -0.1) is 0 Å². The number of ether oxygens (including phenoxy) is 1. The third-order valence-electron chi connectivity index (χ3n) is 3.31. The first-order valence-corrected chi connectivity index (χ1v) is 6.33. The molecule has 1 aromatic carbocycles. The minimum Gasteiger partial charge on any atom is -0.399 e. The van der Waals surface area contributed by atoms with Crippen LogP contribution in [-0.2, 0) is 4.74 Å². The summed E-state index contributed by atoms with van der Waals surface area (Å²) >= 11 is 0. The predicted molar refractivity (Wildman–Crippen MR) is 74.2 cm³/mol. The molecule has 100 valence electrons. The summed E-state index contributed by atoms with van der Waals surface area (Å²) in [5.41, 5.74) is 6.68. The lowest BCUT2D eigenvalue weighted by molar-refractivity contribution is 0.187. The molecule has 3 rings (SSSR count). The first-order chi connectivity index (χ1) is 9.22. The van der Waals surface area contributed by atoms with Crippen LogP contribution in [0.1, 0.15) is 6.42 Å². The topological polar surface area (TPSA) is 93.0 Å². The van der Waals surface area contributed by atoms with Crippen LogP contribution < -0.4 is 16.6 Å². The summed E-state index contributed by atoms with van der Waals surface area (Å²) in [6.45, 7) is 2.33. The van der Waals surface area contributed by atoms with E-state index in [1.54, 1.807) is 18.2 Å². The standard InChI is InChI=1S/C13H16N4O2/c14-9-1-2-11-10(5-9)12(18)17-13(16-11)15-6-8-3-4-19-7-8/h1-2,5,8H,3-4,6-7,14H2,(H2,15,16,17,18). The molecule has 0 aliphatic carbocycles. The number of fused-ring (bicyclic) bond motifs is 1. The number of aromatic nitrogens is 2. The molecule has 1 aliphatic rings. The van der Waals surface area contributed by atoms with Gasteiger partial charge in [-0.05, 0) is 24.6 Å². The fraction of sp³-hybridized carbons (Fsp3) is 0.385. The fourth-order valence-corrected chi connectivity index (χ4v) is 2.23. The smallest absolute Gasteiger partial charge is 0.260 e. The molecule has 0 spiro atoms. The minimum atomic E-state index is -0.178. The second-order valence-corrected chi connectivity index (χ2v) is 4.80. The first kappa shape index (κ1) is 12.0. The third-order valence-corrected chi connectivity index (χ3v) is 3.31. The van der Waals surface area contributed by atoms with Crippen molar-refractivity contribution in [3.05, 3.63) is 28.6 Å². The highest BCUT2D eigenvalue weighted by Crippen LogP contribution is 2.15. The molecule has 0 saturated carbocycles. The van der Waals surface area contributed by atoms with Gasteiger partial charge in [0.05, 0.1) is 17.5 Å². The monoisotopic (exact) mass is 260 g/mol. The van der Waals surface area contributed by atoms with Crippen LogP contribution in [0.2, 0.25) is 0 Å². The van der Waals surface area contributed by atoms with Gasteiger partial charge in [0.1, 0.15) is 0 Å². The first-order valence-electron chi connectivity index (χ1n) is 6.33. The SMILES string of the molecule is Nc1ccc2nc(NCC3CCOC3)[nH]c(=O)c2c1. The van der Waals surface area contributed by atoms with Gasteiger partial charge in [0.25, 0.3) is 5.56 Å². The van der Waals surface area contributed by atoms with E-state index in [1.807, 2.05) is 0 Å². The van der Waals surface area contributed by atoms with Gasteiger partial charge in [-0.2, -0.15) is 0 Å². The molecular weight excluding hydrogens is 244 g/mol. The molecule has 0 bridgehead atoms. The Labute approximate surface area is 110 Å². The second kappa shape index (κ2) is 4.89. The molecule has 4 N–H and O–H groups in total. The lowest BCUT2D eigenvalue weighted by Gasteiger charge is -2.10. The number of nitrogen functional groups attached to an aromatic ring is 1. The van der Waals surface area contributed by atoms with Gasteiger partial charge in [-0.25, -0.2) is 4.98 Å². The summed E-state index contributed by atoms with van der Waals surface area (Å²) in [7, 11) is 0. The highest BCUT2D eigenvalue weighted by molar-refractivity contribution is 5.81. The zero-order valence-electron chi connectivity index (χ0n) is 10.5. The van der Waals surface area contributed by atoms with E-state index in [1.165, 1.54) is 0 Å². The molecule has 0 radical (unpaired) electrons. The van der Waals surface area contributed by atoms with E-state index in [-0.39, 0.29) is 5.56 Å². The Balaban J connectivity index is 1.84. The number of nitrogens with two attached hydrogens (primary N) is 1. The van der Waals surface area contributed by atoms with Crippen LogP contribution in [0.5, 0.6) is 0 Å². The van der Waals surface area contributed by atoms with Crippen molar-refractivity contribution in [1.82, 2.24) is 9.97 Å². The lowest BCUT2D eigenvalue weighted by Crippen LogP contribution is -2.19. The molecule has 6 heteroatoms. The van der Waals surface area contributed by atoms with Gasteiger partial charge in [0.15, 0.2) is 0 Å². The third kappa shape index (κ3) is 2.53. The van der Waals surface area contributed by atoms with Crippen LogP contribution in [0.25, 0.3) is 10.9 Å². The summed E-state index contributed by atoms with van der Waals surface area (Å²) in [5, 5.41) is 3.67. The van der Waals surface area contributed by atoms with E-state index in [9.17, 15) is 4.79 Å². The van der Waals surface area contributed by atoms with Gasteiger partial charge >= 0.3 is 0 Å². The minimum absolute atomic E-state index is 0.178. The number of nitrogens with one attached hydrogen (secondary N) is 2. The van der Waals surface area contributed by atoms with Crippen LogP contribution in [0.3, 0.4) is 0 Å². The lowest BCUT2D eigenvalue weighted by atomic mass is 10.1. The van der Waals surface area contributed by atoms with Crippen molar-refractivity contribution in [3.8, 4) is 0 Å². The van der Waals surface area contributed by atoms with Gasteiger partial charge in [-0.1, -0.05) is 0 Å². The van der Waals surface area contributed by atoms with Crippen molar-refractivity contribution in [3.63, 3.8) is 0 Å². The van der Waals surface area contributed by atoms with E-state index < -0.39 is 0 Å². The van der Waals surface area contributed by atoms with Crippen molar-refractivity contribution in [2.75, 3.05) is 30.8 Å². The van der Waals surface area contributed by atoms with E-state index in [0.29, 0.717) is 28.5 Å². The average Bonchev–Trinajstić information content (AvgIpc) is 2.90. The Kier molecular flexibility index (Phi) is 3.08. The number of hydrogen-bond acceptors (Lipinski definition) is 5. The Morgan fingerprint density at radius 1 is 1.53 bits per heavy atom. The van der Waals surface area contributed by atoms with Crippen LogP contribution >= 0.6 is 0 Å². The van der Waals surface area contributed by atoms with Gasteiger partial charge in [-0.3, -0.25) is 9.78 Å². The molecule has 1 aromatic heterocycles. The molecule has 2 aromatic rings. The summed E-state index contributed by atoms with van der Waals surface area (Å²) in [6.07, 6.45) is 1.04. The molecular formula is C13H16N4O2. The average molecular weight is 260 g/mol. The molecule has 1 saturated heterocycles. The summed E-state index contributed by atoms with van der Waals surface area (Å²) in [5.74, 6) is 0.974. The predicted octanol–water partition coefficient (Wildman–Crippen LogP) is 0.954. The van der Waals surface area contributed by atoms with Crippen molar-refractivity contribution < 1.29 is 4.74 Å². The van der Waals surface area contributed by atoms with E-state index in [4.69, 9.17) is 10.5 Å². The highest BCUT2D eigenvalue weighted by atomic mass is 16.5. The molecule has 1 atom stereocenters. The molecule has 1 aliphatic heterocycles. The van der Waals surface area contributed by atoms with Crippen molar-refractivity contribution in [2.45, 2.75) is 6.42 Å². The van der Waals surface area contributed by atoms with E-state index in [2.05, 4.69) is 15.3 Å². The zero-order chi connectivity index (χ0) is 13.2. The molecule has 1 fully saturated rings.